The van der Waals surface area contributed by atoms with Crippen molar-refractivity contribution in [1.29, 1.82) is 0 Å². The van der Waals surface area contributed by atoms with E-state index in [-0.39, 0.29) is 0 Å². The van der Waals surface area contributed by atoms with Crippen LogP contribution in [-0.4, -0.2) is 18.6 Å². The zero-order chi connectivity index (χ0) is 9.52. The number of rotatable bonds is 5. The summed E-state index contributed by atoms with van der Waals surface area (Å²) in [4.78, 5) is 0. The van der Waals surface area contributed by atoms with Crippen LogP contribution in [0.15, 0.2) is 24.3 Å². The van der Waals surface area contributed by atoms with Crippen molar-refractivity contribution in [3.05, 3.63) is 24.3 Å². The molecule has 0 saturated carbocycles. The molecule has 0 atom stereocenters. The molecule has 1 aromatic rings. The van der Waals surface area contributed by atoms with Gasteiger partial charge in [0.2, 0.25) is 0 Å². The number of thioether (sulfide) groups is 1. The quantitative estimate of drug-likeness (QED) is 0.581. The summed E-state index contributed by atoms with van der Waals surface area (Å²) >= 11 is 1.84. The lowest BCUT2D eigenvalue weighted by atomic mass is 10.3. The predicted molar refractivity (Wildman–Crippen MR) is 59.3 cm³/mol. The Labute approximate surface area is 83.5 Å². The molecular formula is C10H15NOS. The van der Waals surface area contributed by atoms with Crippen LogP contribution in [0.1, 0.15) is 6.42 Å². The van der Waals surface area contributed by atoms with Crippen LogP contribution in [0.2, 0.25) is 0 Å². The lowest BCUT2D eigenvalue weighted by Gasteiger charge is -2.05. The van der Waals surface area contributed by atoms with E-state index in [0.717, 1.165) is 30.2 Å². The number of hydrogen-bond donors (Lipinski definition) is 1. The number of nitrogens with two attached hydrogens (primary N) is 1. The molecule has 0 fully saturated rings. The van der Waals surface area contributed by atoms with Gasteiger partial charge in [0.25, 0.3) is 0 Å². The first kappa shape index (κ1) is 10.3. The van der Waals surface area contributed by atoms with Crippen LogP contribution in [0.3, 0.4) is 0 Å². The SMILES string of the molecule is CSCCCOc1cccc(N)c1. The van der Waals surface area contributed by atoms with Gasteiger partial charge in [-0.15, -0.1) is 0 Å². The minimum atomic E-state index is 0.752. The highest BCUT2D eigenvalue weighted by molar-refractivity contribution is 7.98. The van der Waals surface area contributed by atoms with E-state index >= 15 is 0 Å². The third kappa shape index (κ3) is 4.08. The predicted octanol–water partition coefficient (Wildman–Crippen LogP) is 2.40. The van der Waals surface area contributed by atoms with Crippen molar-refractivity contribution in [2.45, 2.75) is 6.42 Å². The van der Waals surface area contributed by atoms with Gasteiger partial charge in [-0.1, -0.05) is 6.07 Å². The molecule has 13 heavy (non-hydrogen) atoms. The molecule has 3 heteroatoms. The first-order valence-corrected chi connectivity index (χ1v) is 5.69. The summed E-state index contributed by atoms with van der Waals surface area (Å²) in [6.45, 7) is 0.768. The average Bonchev–Trinajstić information content (AvgIpc) is 2.13. The molecule has 72 valence electrons. The summed E-state index contributed by atoms with van der Waals surface area (Å²) < 4.78 is 5.50. The second-order valence-electron chi connectivity index (χ2n) is 2.77. The molecule has 0 saturated heterocycles. The number of hydrogen-bond acceptors (Lipinski definition) is 3. The molecule has 0 unspecified atom stereocenters. The van der Waals surface area contributed by atoms with Crippen molar-refractivity contribution in [3.8, 4) is 5.75 Å². The van der Waals surface area contributed by atoms with Gasteiger partial charge in [0.1, 0.15) is 5.75 Å². The Balaban J connectivity index is 2.28. The van der Waals surface area contributed by atoms with Crippen LogP contribution in [0, 0.1) is 0 Å². The summed E-state index contributed by atoms with van der Waals surface area (Å²) in [5.41, 5.74) is 6.36. The molecule has 0 heterocycles. The van der Waals surface area contributed by atoms with E-state index in [1.165, 1.54) is 0 Å². The van der Waals surface area contributed by atoms with Crippen molar-refractivity contribution in [1.82, 2.24) is 0 Å². The van der Waals surface area contributed by atoms with E-state index in [2.05, 4.69) is 6.26 Å². The maximum absolute atomic E-state index is 5.60. The summed E-state index contributed by atoms with van der Waals surface area (Å²) in [5, 5.41) is 0. The van der Waals surface area contributed by atoms with Gasteiger partial charge >= 0.3 is 0 Å². The lowest BCUT2D eigenvalue weighted by molar-refractivity contribution is 0.319. The van der Waals surface area contributed by atoms with Gasteiger partial charge in [-0.2, -0.15) is 11.8 Å². The first-order valence-electron chi connectivity index (χ1n) is 4.30. The monoisotopic (exact) mass is 197 g/mol. The van der Waals surface area contributed by atoms with Crippen molar-refractivity contribution in [2.75, 3.05) is 24.3 Å². The normalized spacial score (nSPS) is 9.92. The Bertz CT molecular complexity index is 252. The number of nitrogen functional groups attached to an aromatic ring is 1. The van der Waals surface area contributed by atoms with Gasteiger partial charge in [0.15, 0.2) is 0 Å². The Kier molecular flexibility index (Phi) is 4.54. The van der Waals surface area contributed by atoms with E-state index < -0.39 is 0 Å². The summed E-state index contributed by atoms with van der Waals surface area (Å²) in [6, 6.07) is 7.53. The van der Waals surface area contributed by atoms with Gasteiger partial charge in [-0.25, -0.2) is 0 Å². The third-order valence-corrected chi connectivity index (χ3v) is 2.32. The fraction of sp³-hybridized carbons (Fsp3) is 0.400. The number of ether oxygens (including phenoxy) is 1. The molecule has 0 spiro atoms. The fourth-order valence-electron chi connectivity index (χ4n) is 0.998. The molecule has 0 aromatic heterocycles. The van der Waals surface area contributed by atoms with Crippen LogP contribution in [-0.2, 0) is 0 Å². The van der Waals surface area contributed by atoms with E-state index in [4.69, 9.17) is 10.5 Å². The van der Waals surface area contributed by atoms with Gasteiger partial charge in [-0.3, -0.25) is 0 Å². The highest BCUT2D eigenvalue weighted by Crippen LogP contribution is 2.14. The Morgan fingerprint density at radius 3 is 3.00 bits per heavy atom. The van der Waals surface area contributed by atoms with Crippen LogP contribution < -0.4 is 10.5 Å². The highest BCUT2D eigenvalue weighted by atomic mass is 32.2. The zero-order valence-electron chi connectivity index (χ0n) is 7.82. The summed E-state index contributed by atoms with van der Waals surface area (Å²) in [6.07, 6.45) is 3.18. The highest BCUT2D eigenvalue weighted by Gasteiger charge is 1.93. The van der Waals surface area contributed by atoms with Gasteiger partial charge in [-0.05, 0) is 30.6 Å². The van der Waals surface area contributed by atoms with Crippen LogP contribution in [0.5, 0.6) is 5.75 Å². The van der Waals surface area contributed by atoms with Crippen LogP contribution in [0.4, 0.5) is 5.69 Å². The Morgan fingerprint density at radius 2 is 2.31 bits per heavy atom. The molecule has 0 aliphatic heterocycles. The molecule has 2 nitrogen and oxygen atoms in total. The summed E-state index contributed by atoms with van der Waals surface area (Å²) in [7, 11) is 0. The molecule has 0 bridgehead atoms. The Morgan fingerprint density at radius 1 is 1.46 bits per heavy atom. The largest absolute Gasteiger partial charge is 0.493 e. The van der Waals surface area contributed by atoms with Crippen molar-refractivity contribution in [2.24, 2.45) is 0 Å². The standard InChI is InChI=1S/C10H15NOS/c1-13-7-3-6-12-10-5-2-4-9(11)8-10/h2,4-5,8H,3,6-7,11H2,1H3. The van der Waals surface area contributed by atoms with Gasteiger partial charge < -0.3 is 10.5 Å². The topological polar surface area (TPSA) is 35.2 Å². The van der Waals surface area contributed by atoms with Crippen molar-refractivity contribution < 1.29 is 4.74 Å². The van der Waals surface area contributed by atoms with Crippen molar-refractivity contribution in [3.63, 3.8) is 0 Å². The minimum absolute atomic E-state index is 0.752. The van der Waals surface area contributed by atoms with Crippen LogP contribution in [0.25, 0.3) is 0 Å². The second-order valence-corrected chi connectivity index (χ2v) is 3.75. The van der Waals surface area contributed by atoms with E-state index in [9.17, 15) is 0 Å². The molecule has 0 aliphatic carbocycles. The van der Waals surface area contributed by atoms with E-state index in [1.807, 2.05) is 36.0 Å². The molecule has 2 N–H and O–H groups in total. The Hall–Kier alpha value is -0.830. The molecular weight excluding hydrogens is 182 g/mol. The number of benzene rings is 1. The maximum atomic E-state index is 5.60. The zero-order valence-corrected chi connectivity index (χ0v) is 8.64. The number of anilines is 1. The van der Waals surface area contributed by atoms with Gasteiger partial charge in [0.05, 0.1) is 6.61 Å². The maximum Gasteiger partial charge on any atom is 0.121 e. The molecule has 0 aliphatic rings. The second kappa shape index (κ2) is 5.75. The smallest absolute Gasteiger partial charge is 0.121 e. The fourth-order valence-corrected chi connectivity index (χ4v) is 1.40. The molecule has 1 rings (SSSR count). The van der Waals surface area contributed by atoms with Gasteiger partial charge in [0, 0.05) is 11.8 Å². The molecule has 1 aromatic carbocycles. The third-order valence-electron chi connectivity index (χ3n) is 1.62. The first-order chi connectivity index (χ1) is 6.33. The lowest BCUT2D eigenvalue weighted by Crippen LogP contribution is -1.98. The van der Waals surface area contributed by atoms with E-state index in [1.54, 1.807) is 0 Å². The minimum Gasteiger partial charge on any atom is -0.493 e. The molecule has 0 amide bonds. The summed E-state index contributed by atoms with van der Waals surface area (Å²) in [5.74, 6) is 2.00. The average molecular weight is 197 g/mol. The van der Waals surface area contributed by atoms with Crippen LogP contribution >= 0.6 is 11.8 Å². The van der Waals surface area contributed by atoms with Crippen molar-refractivity contribution >= 4 is 17.4 Å². The molecule has 0 radical (unpaired) electrons. The van der Waals surface area contributed by atoms with E-state index in [0.29, 0.717) is 0 Å².